The number of likely N-dealkylation sites (N-methyl/N-ethyl adjacent to an activating group) is 1. The molecule has 12 heteroatoms. The molecule has 2 aromatic heterocycles. The van der Waals surface area contributed by atoms with Crippen LogP contribution in [0.1, 0.15) is 18.5 Å². The van der Waals surface area contributed by atoms with Gasteiger partial charge in [0.25, 0.3) is 5.91 Å². The van der Waals surface area contributed by atoms with E-state index in [9.17, 15) is 15.0 Å². The monoisotopic (exact) mass is 475 g/mol. The zero-order chi connectivity index (χ0) is 22.7. The number of hydrogen-bond acceptors (Lipinski definition) is 7. The number of aliphatic hydroxyl groups is 2. The Balaban J connectivity index is 1.38. The second-order valence-corrected chi connectivity index (χ2v) is 8.81. The van der Waals surface area contributed by atoms with Crippen molar-refractivity contribution in [2.75, 3.05) is 23.8 Å². The van der Waals surface area contributed by atoms with Crippen molar-refractivity contribution in [3.05, 3.63) is 58.7 Å². The summed E-state index contributed by atoms with van der Waals surface area (Å²) in [5.74, 6) is -1.69. The Hall–Kier alpha value is -2.92. The molecule has 3 N–H and O–H groups in total. The van der Waals surface area contributed by atoms with Crippen LogP contribution in [0.2, 0.25) is 10.0 Å². The standard InChI is InChI=1S/C20H19Cl2N7O3/c1-27-18(30)29(10-20(27,31)32)16-2-5-23-17(25-16)26-19(3-4-19)15-9-28(11-24-15)14-7-12(21)6-13(22)8-14/h2,5-9,11,31-32H,3-4,10H2,1H3,(H,23,25,26). The number of nitrogens with zero attached hydrogens (tertiary/aromatic N) is 6. The predicted octanol–water partition coefficient (Wildman–Crippen LogP) is 2.58. The highest BCUT2D eigenvalue weighted by atomic mass is 35.5. The lowest BCUT2D eigenvalue weighted by Gasteiger charge is -2.20. The highest BCUT2D eigenvalue weighted by molar-refractivity contribution is 6.34. The number of halogens is 2. The Morgan fingerprint density at radius 2 is 1.84 bits per heavy atom. The van der Waals surface area contributed by atoms with Gasteiger partial charge in [-0.15, -0.1) is 0 Å². The number of amides is 2. The Labute approximate surface area is 193 Å². The van der Waals surface area contributed by atoms with E-state index in [-0.39, 0.29) is 12.4 Å². The smallest absolute Gasteiger partial charge is 0.329 e. The van der Waals surface area contributed by atoms with Crippen molar-refractivity contribution in [3.8, 4) is 5.69 Å². The summed E-state index contributed by atoms with van der Waals surface area (Å²) in [7, 11) is 1.31. The first kappa shape index (κ1) is 21.0. The fourth-order valence-electron chi connectivity index (χ4n) is 3.64. The minimum atomic E-state index is -2.26. The Morgan fingerprint density at radius 3 is 2.47 bits per heavy atom. The molecular weight excluding hydrogens is 457 g/mol. The molecule has 2 aliphatic rings. The predicted molar refractivity (Wildman–Crippen MR) is 118 cm³/mol. The van der Waals surface area contributed by atoms with Crippen molar-refractivity contribution in [2.45, 2.75) is 24.3 Å². The molecule has 1 aliphatic heterocycles. The number of carbonyl (C=O) groups excluding carboxylic acids is 1. The van der Waals surface area contributed by atoms with E-state index < -0.39 is 17.5 Å². The van der Waals surface area contributed by atoms with Gasteiger partial charge in [-0.05, 0) is 37.1 Å². The fourth-order valence-corrected chi connectivity index (χ4v) is 4.16. The van der Waals surface area contributed by atoms with E-state index in [4.69, 9.17) is 23.2 Å². The van der Waals surface area contributed by atoms with E-state index in [1.165, 1.54) is 24.2 Å². The molecule has 166 valence electrons. The molecule has 1 aromatic carbocycles. The van der Waals surface area contributed by atoms with E-state index >= 15 is 0 Å². The van der Waals surface area contributed by atoms with E-state index in [1.807, 2.05) is 10.8 Å². The topological polar surface area (TPSA) is 120 Å². The molecule has 0 atom stereocenters. The van der Waals surface area contributed by atoms with Crippen LogP contribution < -0.4 is 10.2 Å². The van der Waals surface area contributed by atoms with Gasteiger partial charge in [0.05, 0.1) is 17.6 Å². The van der Waals surface area contributed by atoms with Crippen molar-refractivity contribution in [2.24, 2.45) is 0 Å². The van der Waals surface area contributed by atoms with Crippen LogP contribution in [0.15, 0.2) is 43.0 Å². The summed E-state index contributed by atoms with van der Waals surface area (Å²) in [6.45, 7) is -0.323. The lowest BCUT2D eigenvalue weighted by molar-refractivity contribution is -0.214. The SMILES string of the molecule is CN1C(=O)N(c2ccnc(NC3(c4cn(-c5cc(Cl)cc(Cl)c5)cn4)CC3)n2)CC1(O)O. The number of rotatable bonds is 5. The van der Waals surface area contributed by atoms with Gasteiger partial charge in [-0.25, -0.2) is 14.8 Å². The number of anilines is 2. The highest BCUT2D eigenvalue weighted by Crippen LogP contribution is 2.47. The van der Waals surface area contributed by atoms with E-state index in [1.54, 1.807) is 24.5 Å². The van der Waals surface area contributed by atoms with Gasteiger partial charge in [-0.2, -0.15) is 4.98 Å². The number of aromatic nitrogens is 4. The summed E-state index contributed by atoms with van der Waals surface area (Å²) >= 11 is 12.2. The van der Waals surface area contributed by atoms with Gasteiger partial charge >= 0.3 is 6.03 Å². The maximum absolute atomic E-state index is 12.4. The number of benzene rings is 1. The lowest BCUT2D eigenvalue weighted by atomic mass is 10.2. The van der Waals surface area contributed by atoms with Crippen LogP contribution in [0.4, 0.5) is 16.6 Å². The average Bonchev–Trinajstić information content (AvgIpc) is 3.26. The van der Waals surface area contributed by atoms with Gasteiger partial charge in [0, 0.05) is 35.2 Å². The van der Waals surface area contributed by atoms with Crippen LogP contribution in [0, 0.1) is 0 Å². The number of urea groups is 1. The third-order valence-electron chi connectivity index (χ3n) is 5.66. The number of hydrogen-bond donors (Lipinski definition) is 3. The van der Waals surface area contributed by atoms with Gasteiger partial charge < -0.3 is 20.1 Å². The van der Waals surface area contributed by atoms with Crippen LogP contribution >= 0.6 is 23.2 Å². The molecule has 32 heavy (non-hydrogen) atoms. The molecule has 1 saturated carbocycles. The number of carbonyl (C=O) groups is 1. The zero-order valence-electron chi connectivity index (χ0n) is 16.9. The Bertz CT molecular complexity index is 1190. The molecule has 5 rings (SSSR count). The first-order valence-electron chi connectivity index (χ1n) is 9.79. The molecule has 3 heterocycles. The highest BCUT2D eigenvalue weighted by Gasteiger charge is 2.48. The number of imidazole rings is 1. The molecule has 0 radical (unpaired) electrons. The van der Waals surface area contributed by atoms with Gasteiger partial charge in [-0.3, -0.25) is 9.80 Å². The van der Waals surface area contributed by atoms with Gasteiger partial charge in [0.1, 0.15) is 12.4 Å². The summed E-state index contributed by atoms with van der Waals surface area (Å²) in [4.78, 5) is 27.6. The molecule has 3 aromatic rings. The van der Waals surface area contributed by atoms with Gasteiger partial charge in [0.15, 0.2) is 0 Å². The van der Waals surface area contributed by atoms with Crippen LogP contribution in [-0.2, 0) is 5.54 Å². The second kappa shape index (κ2) is 7.31. The van der Waals surface area contributed by atoms with Crippen molar-refractivity contribution >= 4 is 41.0 Å². The summed E-state index contributed by atoms with van der Waals surface area (Å²) in [5, 5.41) is 24.3. The van der Waals surface area contributed by atoms with Gasteiger partial charge in [0.2, 0.25) is 5.95 Å². The minimum absolute atomic E-state index is 0.263. The fraction of sp³-hybridized carbons (Fsp3) is 0.300. The minimum Gasteiger partial charge on any atom is -0.347 e. The number of nitrogens with one attached hydrogen (secondary N) is 1. The van der Waals surface area contributed by atoms with E-state index in [2.05, 4.69) is 20.3 Å². The molecule has 1 saturated heterocycles. The molecule has 2 fully saturated rings. The van der Waals surface area contributed by atoms with Crippen LogP contribution in [-0.4, -0.2) is 60.2 Å². The second-order valence-electron chi connectivity index (χ2n) is 7.94. The maximum atomic E-state index is 12.4. The van der Waals surface area contributed by atoms with Crippen molar-refractivity contribution in [3.63, 3.8) is 0 Å². The van der Waals surface area contributed by atoms with Crippen molar-refractivity contribution in [1.29, 1.82) is 0 Å². The van der Waals surface area contributed by atoms with E-state index in [0.717, 1.165) is 29.1 Å². The van der Waals surface area contributed by atoms with Crippen molar-refractivity contribution in [1.82, 2.24) is 24.4 Å². The quantitative estimate of drug-likeness (QED) is 0.485. The lowest BCUT2D eigenvalue weighted by Crippen LogP contribution is -2.44. The van der Waals surface area contributed by atoms with Crippen molar-refractivity contribution < 1.29 is 15.0 Å². The molecule has 2 amide bonds. The average molecular weight is 476 g/mol. The molecule has 0 unspecified atom stereocenters. The van der Waals surface area contributed by atoms with Crippen LogP contribution in [0.5, 0.6) is 0 Å². The third-order valence-corrected chi connectivity index (χ3v) is 6.10. The zero-order valence-corrected chi connectivity index (χ0v) is 18.4. The third kappa shape index (κ3) is 3.65. The molecular formula is C20H19Cl2N7O3. The summed E-state index contributed by atoms with van der Waals surface area (Å²) in [6.07, 6.45) is 6.76. The first-order valence-corrected chi connectivity index (χ1v) is 10.5. The van der Waals surface area contributed by atoms with Crippen LogP contribution in [0.25, 0.3) is 5.69 Å². The molecule has 1 aliphatic carbocycles. The molecule has 10 nitrogen and oxygen atoms in total. The molecule has 0 bridgehead atoms. The van der Waals surface area contributed by atoms with Crippen LogP contribution in [0.3, 0.4) is 0 Å². The largest absolute Gasteiger partial charge is 0.347 e. The molecule has 0 spiro atoms. The summed E-state index contributed by atoms with van der Waals surface area (Å²) < 4.78 is 1.84. The Kier molecular flexibility index (Phi) is 4.79. The first-order chi connectivity index (χ1) is 15.2. The van der Waals surface area contributed by atoms with E-state index in [0.29, 0.717) is 16.0 Å². The maximum Gasteiger partial charge on any atom is 0.329 e. The number of β-amino-alcohol motifs (C(OH)–C–C–N with tert-alkyl or cyclic N) is 2. The summed E-state index contributed by atoms with van der Waals surface area (Å²) in [5.41, 5.74) is 1.17. The van der Waals surface area contributed by atoms with Gasteiger partial charge in [-0.1, -0.05) is 23.2 Å². The summed E-state index contributed by atoms with van der Waals surface area (Å²) in [6, 6.07) is 6.23. The Morgan fingerprint density at radius 1 is 1.12 bits per heavy atom. The normalized spacial score (nSPS) is 18.8.